The number of hydrogen-bond acceptors (Lipinski definition) is 6. The van der Waals surface area contributed by atoms with E-state index in [4.69, 9.17) is 9.47 Å². The van der Waals surface area contributed by atoms with Gasteiger partial charge in [-0.25, -0.2) is 9.37 Å². The van der Waals surface area contributed by atoms with Crippen LogP contribution in [0.15, 0.2) is 48.5 Å². The molecular weight excluding hydrogens is 335 g/mol. The number of aromatic nitrogens is 2. The van der Waals surface area contributed by atoms with Crippen LogP contribution in [0.2, 0.25) is 0 Å². The molecule has 2 aromatic carbocycles. The first-order valence-electron chi connectivity index (χ1n) is 8.16. The van der Waals surface area contributed by atoms with Gasteiger partial charge in [0.05, 0.1) is 0 Å². The molecule has 0 unspecified atom stereocenters. The zero-order valence-electron chi connectivity index (χ0n) is 14.1. The molecule has 7 heteroatoms. The summed E-state index contributed by atoms with van der Waals surface area (Å²) in [6.07, 6.45) is 0. The van der Waals surface area contributed by atoms with Crippen LogP contribution in [0.4, 0.5) is 21.8 Å². The first-order chi connectivity index (χ1) is 12.7. The van der Waals surface area contributed by atoms with E-state index in [1.165, 1.54) is 12.1 Å². The van der Waals surface area contributed by atoms with E-state index in [1.807, 2.05) is 25.1 Å². The molecule has 0 saturated heterocycles. The Morgan fingerprint density at radius 3 is 2.81 bits per heavy atom. The van der Waals surface area contributed by atoms with E-state index in [2.05, 4.69) is 20.6 Å². The number of rotatable bonds is 5. The Bertz CT molecular complexity index is 949. The Labute approximate surface area is 150 Å². The molecule has 2 N–H and O–H groups in total. The van der Waals surface area contributed by atoms with Crippen molar-refractivity contribution in [3.05, 3.63) is 65.6 Å². The molecule has 0 aliphatic carbocycles. The van der Waals surface area contributed by atoms with Crippen molar-refractivity contribution >= 4 is 17.5 Å². The van der Waals surface area contributed by atoms with E-state index < -0.39 is 0 Å². The van der Waals surface area contributed by atoms with Gasteiger partial charge in [-0.2, -0.15) is 4.98 Å². The molecule has 0 atom stereocenters. The fourth-order valence-electron chi connectivity index (χ4n) is 2.66. The van der Waals surface area contributed by atoms with E-state index >= 15 is 0 Å². The minimum absolute atomic E-state index is 0.252. The van der Waals surface area contributed by atoms with Crippen LogP contribution in [0.3, 0.4) is 0 Å². The summed E-state index contributed by atoms with van der Waals surface area (Å²) in [6, 6.07) is 13.8. The van der Waals surface area contributed by atoms with Crippen molar-refractivity contribution in [2.24, 2.45) is 0 Å². The smallest absolute Gasteiger partial charge is 0.231 e. The highest BCUT2D eigenvalue weighted by molar-refractivity contribution is 5.57. The van der Waals surface area contributed by atoms with Gasteiger partial charge in [-0.15, -0.1) is 0 Å². The molecule has 3 aromatic rings. The summed E-state index contributed by atoms with van der Waals surface area (Å²) in [5.74, 6) is 2.27. The lowest BCUT2D eigenvalue weighted by Gasteiger charge is -2.10. The summed E-state index contributed by atoms with van der Waals surface area (Å²) in [7, 11) is 0. The molecule has 0 fully saturated rings. The van der Waals surface area contributed by atoms with Gasteiger partial charge in [-0.3, -0.25) is 0 Å². The molecular formula is C19H17FN4O2. The van der Waals surface area contributed by atoms with Crippen molar-refractivity contribution in [1.29, 1.82) is 0 Å². The van der Waals surface area contributed by atoms with Gasteiger partial charge in [0.25, 0.3) is 0 Å². The average molecular weight is 352 g/mol. The Morgan fingerprint density at radius 1 is 1.04 bits per heavy atom. The Kier molecular flexibility index (Phi) is 4.27. The largest absolute Gasteiger partial charge is 0.454 e. The SMILES string of the molecule is Cc1cc(Nc2cccc(F)c2)nc(NCc2ccc3c(c2)OCO3)n1. The molecule has 1 aliphatic rings. The number of fused-ring (bicyclic) bond motifs is 1. The third kappa shape index (κ3) is 3.66. The lowest BCUT2D eigenvalue weighted by atomic mass is 10.2. The quantitative estimate of drug-likeness (QED) is 0.723. The summed E-state index contributed by atoms with van der Waals surface area (Å²) in [6.45, 7) is 2.67. The topological polar surface area (TPSA) is 68.3 Å². The van der Waals surface area contributed by atoms with Crippen molar-refractivity contribution in [1.82, 2.24) is 9.97 Å². The zero-order valence-corrected chi connectivity index (χ0v) is 14.1. The van der Waals surface area contributed by atoms with Crippen molar-refractivity contribution in [2.45, 2.75) is 13.5 Å². The third-order valence-electron chi connectivity index (χ3n) is 3.84. The molecule has 4 rings (SSSR count). The molecule has 6 nitrogen and oxygen atoms in total. The molecule has 26 heavy (non-hydrogen) atoms. The van der Waals surface area contributed by atoms with Gasteiger partial charge in [0, 0.05) is 24.0 Å². The van der Waals surface area contributed by atoms with E-state index in [0.717, 1.165) is 22.8 Å². The third-order valence-corrected chi connectivity index (χ3v) is 3.84. The summed E-state index contributed by atoms with van der Waals surface area (Å²) < 4.78 is 24.0. The number of aryl methyl sites for hydroxylation is 1. The van der Waals surface area contributed by atoms with Crippen LogP contribution < -0.4 is 20.1 Å². The molecule has 0 bridgehead atoms. The predicted octanol–water partition coefficient (Wildman–Crippen LogP) is 4.01. The maximum absolute atomic E-state index is 13.3. The van der Waals surface area contributed by atoms with Gasteiger partial charge in [-0.05, 0) is 42.8 Å². The van der Waals surface area contributed by atoms with Gasteiger partial charge in [0.15, 0.2) is 11.5 Å². The fourth-order valence-corrected chi connectivity index (χ4v) is 2.66. The van der Waals surface area contributed by atoms with Gasteiger partial charge < -0.3 is 20.1 Å². The van der Waals surface area contributed by atoms with Crippen LogP contribution in [-0.4, -0.2) is 16.8 Å². The highest BCUT2D eigenvalue weighted by atomic mass is 19.1. The number of benzene rings is 2. The molecule has 0 saturated carbocycles. The maximum Gasteiger partial charge on any atom is 0.231 e. The summed E-state index contributed by atoms with van der Waals surface area (Å²) in [4.78, 5) is 8.82. The van der Waals surface area contributed by atoms with Crippen LogP contribution in [0.1, 0.15) is 11.3 Å². The Morgan fingerprint density at radius 2 is 1.92 bits per heavy atom. The maximum atomic E-state index is 13.3. The highest BCUT2D eigenvalue weighted by Crippen LogP contribution is 2.32. The van der Waals surface area contributed by atoms with Crippen LogP contribution in [0, 0.1) is 12.7 Å². The molecule has 0 amide bonds. The lowest BCUT2D eigenvalue weighted by molar-refractivity contribution is 0.174. The lowest BCUT2D eigenvalue weighted by Crippen LogP contribution is -2.06. The van der Waals surface area contributed by atoms with Gasteiger partial charge >= 0.3 is 0 Å². The van der Waals surface area contributed by atoms with Crippen LogP contribution in [0.25, 0.3) is 0 Å². The van der Waals surface area contributed by atoms with E-state index in [9.17, 15) is 4.39 Å². The normalized spacial score (nSPS) is 12.1. The van der Waals surface area contributed by atoms with Crippen molar-refractivity contribution in [2.75, 3.05) is 17.4 Å². The van der Waals surface area contributed by atoms with Crippen LogP contribution in [0.5, 0.6) is 11.5 Å². The minimum atomic E-state index is -0.304. The van der Waals surface area contributed by atoms with Crippen molar-refractivity contribution in [3.8, 4) is 11.5 Å². The second-order valence-electron chi connectivity index (χ2n) is 5.89. The van der Waals surface area contributed by atoms with Gasteiger partial charge in [0.1, 0.15) is 11.6 Å². The Balaban J connectivity index is 1.47. The number of hydrogen-bond donors (Lipinski definition) is 2. The summed E-state index contributed by atoms with van der Waals surface area (Å²) in [5.41, 5.74) is 2.45. The van der Waals surface area contributed by atoms with Crippen LogP contribution >= 0.6 is 0 Å². The van der Waals surface area contributed by atoms with Gasteiger partial charge in [0.2, 0.25) is 12.7 Å². The highest BCUT2D eigenvalue weighted by Gasteiger charge is 2.13. The van der Waals surface area contributed by atoms with Crippen molar-refractivity contribution in [3.63, 3.8) is 0 Å². The fraction of sp³-hybridized carbons (Fsp3) is 0.158. The second-order valence-corrected chi connectivity index (χ2v) is 5.89. The van der Waals surface area contributed by atoms with E-state index in [-0.39, 0.29) is 12.6 Å². The van der Waals surface area contributed by atoms with Crippen LogP contribution in [-0.2, 0) is 6.54 Å². The Hall–Kier alpha value is -3.35. The molecule has 0 radical (unpaired) electrons. The zero-order chi connectivity index (χ0) is 17.9. The number of anilines is 3. The number of ether oxygens (including phenoxy) is 2. The number of nitrogens with one attached hydrogen (secondary N) is 2. The average Bonchev–Trinajstić information content (AvgIpc) is 3.07. The number of halogens is 1. The molecule has 1 aliphatic heterocycles. The standard InChI is InChI=1S/C19H17FN4O2/c1-12-7-18(23-15-4-2-3-14(20)9-15)24-19(22-12)21-10-13-5-6-16-17(8-13)26-11-25-16/h2-9H,10-11H2,1H3,(H2,21,22,23,24). The molecule has 0 spiro atoms. The molecule has 2 heterocycles. The first kappa shape index (κ1) is 16.1. The van der Waals surface area contributed by atoms with Crippen molar-refractivity contribution < 1.29 is 13.9 Å². The van der Waals surface area contributed by atoms with Gasteiger partial charge in [-0.1, -0.05) is 12.1 Å². The second kappa shape index (κ2) is 6.87. The predicted molar refractivity (Wildman–Crippen MR) is 96.3 cm³/mol. The summed E-state index contributed by atoms with van der Waals surface area (Å²) >= 11 is 0. The molecule has 1 aromatic heterocycles. The van der Waals surface area contributed by atoms with E-state index in [1.54, 1.807) is 18.2 Å². The monoisotopic (exact) mass is 352 g/mol. The number of nitrogens with zero attached hydrogens (tertiary/aromatic N) is 2. The van der Waals surface area contributed by atoms with E-state index in [0.29, 0.717) is 24.0 Å². The molecule has 132 valence electrons. The first-order valence-corrected chi connectivity index (χ1v) is 8.16. The minimum Gasteiger partial charge on any atom is -0.454 e. The summed E-state index contributed by atoms with van der Waals surface area (Å²) in [5, 5.41) is 6.29.